The van der Waals surface area contributed by atoms with Crippen molar-refractivity contribution in [3.8, 4) is 0 Å². The first-order chi connectivity index (χ1) is 12.5. The maximum atomic E-state index is 5.65. The molecule has 1 fully saturated rings. The standard InChI is InChI=1S/C19H35N5OS.HI/c1-14(2)18-22-17(13-26-18)12-21-19(20-5)23-16-6-8-24(9-7-16)10-11-25-15(3)4;/h13-16H,6-12H2,1-5H3,(H2,20,21,23);1H. The number of aliphatic imine (C=N–C) groups is 1. The zero-order chi connectivity index (χ0) is 18.9. The van der Waals surface area contributed by atoms with E-state index in [-0.39, 0.29) is 24.0 Å². The van der Waals surface area contributed by atoms with Crippen LogP contribution in [0.5, 0.6) is 0 Å². The fraction of sp³-hybridized carbons (Fsp3) is 0.789. The molecule has 2 heterocycles. The third-order valence-electron chi connectivity index (χ3n) is 4.51. The Balaban J connectivity index is 0.00000364. The molecule has 0 saturated carbocycles. The number of piperidine rings is 1. The summed E-state index contributed by atoms with van der Waals surface area (Å²) in [5, 5.41) is 10.3. The molecule has 2 rings (SSSR count). The number of halogens is 1. The number of likely N-dealkylation sites (tertiary alicyclic amines) is 1. The number of hydrogen-bond acceptors (Lipinski definition) is 5. The van der Waals surface area contributed by atoms with E-state index >= 15 is 0 Å². The van der Waals surface area contributed by atoms with Gasteiger partial charge in [-0.05, 0) is 26.7 Å². The fourth-order valence-electron chi connectivity index (χ4n) is 2.95. The number of ether oxygens (including phenoxy) is 1. The monoisotopic (exact) mass is 509 g/mol. The lowest BCUT2D eigenvalue weighted by Gasteiger charge is -2.33. The summed E-state index contributed by atoms with van der Waals surface area (Å²) < 4.78 is 5.65. The van der Waals surface area contributed by atoms with E-state index in [1.54, 1.807) is 11.3 Å². The van der Waals surface area contributed by atoms with Crippen LogP contribution in [0.3, 0.4) is 0 Å². The number of thiazole rings is 1. The smallest absolute Gasteiger partial charge is 0.191 e. The van der Waals surface area contributed by atoms with E-state index in [1.807, 2.05) is 7.05 Å². The molecule has 0 amide bonds. The van der Waals surface area contributed by atoms with E-state index in [0.29, 0.717) is 24.6 Å². The molecule has 0 atom stereocenters. The Hall–Kier alpha value is -0.450. The normalized spacial score (nSPS) is 16.6. The summed E-state index contributed by atoms with van der Waals surface area (Å²) in [6.07, 6.45) is 2.59. The van der Waals surface area contributed by atoms with E-state index in [9.17, 15) is 0 Å². The highest BCUT2D eigenvalue weighted by Crippen LogP contribution is 2.19. The van der Waals surface area contributed by atoms with E-state index in [4.69, 9.17) is 4.74 Å². The summed E-state index contributed by atoms with van der Waals surface area (Å²) in [7, 11) is 1.83. The summed E-state index contributed by atoms with van der Waals surface area (Å²) in [6, 6.07) is 0.477. The van der Waals surface area contributed by atoms with Gasteiger partial charge in [-0.3, -0.25) is 4.99 Å². The van der Waals surface area contributed by atoms with Crippen LogP contribution in [0.25, 0.3) is 0 Å². The topological polar surface area (TPSA) is 61.8 Å². The minimum Gasteiger partial charge on any atom is -0.377 e. The Kier molecular flexibility index (Phi) is 11.7. The average molecular weight is 510 g/mol. The van der Waals surface area contributed by atoms with Crippen molar-refractivity contribution in [3.05, 3.63) is 16.1 Å². The minimum absolute atomic E-state index is 0. The lowest BCUT2D eigenvalue weighted by molar-refractivity contribution is 0.0532. The molecule has 0 bridgehead atoms. The van der Waals surface area contributed by atoms with Gasteiger partial charge < -0.3 is 20.3 Å². The van der Waals surface area contributed by atoms with Gasteiger partial charge >= 0.3 is 0 Å². The zero-order valence-corrected chi connectivity index (χ0v) is 20.5. The van der Waals surface area contributed by atoms with Crippen molar-refractivity contribution in [2.75, 3.05) is 33.3 Å². The van der Waals surface area contributed by atoms with Crippen LogP contribution in [0.4, 0.5) is 0 Å². The van der Waals surface area contributed by atoms with Gasteiger partial charge in [0.1, 0.15) is 0 Å². The first-order valence-corrected chi connectivity index (χ1v) is 10.6. The molecule has 6 nitrogen and oxygen atoms in total. The molecule has 0 aliphatic carbocycles. The number of nitrogens with one attached hydrogen (secondary N) is 2. The summed E-state index contributed by atoms with van der Waals surface area (Å²) in [5.41, 5.74) is 1.08. The van der Waals surface area contributed by atoms with Crippen LogP contribution in [0.15, 0.2) is 10.4 Å². The Labute approximate surface area is 185 Å². The third kappa shape index (κ3) is 9.06. The third-order valence-corrected chi connectivity index (χ3v) is 5.71. The summed E-state index contributed by atoms with van der Waals surface area (Å²) >= 11 is 1.73. The van der Waals surface area contributed by atoms with Gasteiger partial charge in [0.15, 0.2) is 5.96 Å². The van der Waals surface area contributed by atoms with Gasteiger partial charge in [-0.2, -0.15) is 0 Å². The van der Waals surface area contributed by atoms with Crippen LogP contribution in [0, 0.1) is 0 Å². The van der Waals surface area contributed by atoms with E-state index in [0.717, 1.165) is 50.7 Å². The van der Waals surface area contributed by atoms with Crippen molar-refractivity contribution in [3.63, 3.8) is 0 Å². The van der Waals surface area contributed by atoms with Crippen LogP contribution in [0.2, 0.25) is 0 Å². The van der Waals surface area contributed by atoms with E-state index < -0.39 is 0 Å². The van der Waals surface area contributed by atoms with Gasteiger partial charge in [0.25, 0.3) is 0 Å². The molecule has 0 aromatic carbocycles. The van der Waals surface area contributed by atoms with Crippen LogP contribution in [-0.4, -0.2) is 61.3 Å². The van der Waals surface area contributed by atoms with Crippen molar-refractivity contribution in [1.29, 1.82) is 0 Å². The van der Waals surface area contributed by atoms with Crippen LogP contribution in [0.1, 0.15) is 57.2 Å². The molecule has 8 heteroatoms. The highest BCUT2D eigenvalue weighted by molar-refractivity contribution is 14.0. The molecule has 1 aromatic heterocycles. The predicted molar refractivity (Wildman–Crippen MR) is 126 cm³/mol. The molecular weight excluding hydrogens is 473 g/mol. The largest absolute Gasteiger partial charge is 0.377 e. The molecule has 0 radical (unpaired) electrons. The van der Waals surface area contributed by atoms with Crippen molar-refractivity contribution in [2.45, 2.75) is 65.1 Å². The summed E-state index contributed by atoms with van der Waals surface area (Å²) in [6.45, 7) is 13.3. The Bertz CT molecular complexity index is 556. The number of hydrogen-bond donors (Lipinski definition) is 2. The maximum absolute atomic E-state index is 5.65. The van der Waals surface area contributed by atoms with Gasteiger partial charge in [0.2, 0.25) is 0 Å². The molecule has 27 heavy (non-hydrogen) atoms. The molecule has 2 N–H and O–H groups in total. The van der Waals surface area contributed by atoms with Crippen LogP contribution in [-0.2, 0) is 11.3 Å². The van der Waals surface area contributed by atoms with Gasteiger partial charge in [-0.25, -0.2) is 4.98 Å². The number of aromatic nitrogens is 1. The molecule has 0 unspecified atom stereocenters. The van der Waals surface area contributed by atoms with Crippen molar-refractivity contribution in [2.24, 2.45) is 4.99 Å². The molecule has 0 spiro atoms. The summed E-state index contributed by atoms with van der Waals surface area (Å²) in [4.78, 5) is 11.5. The molecule has 1 aliphatic heterocycles. The highest BCUT2D eigenvalue weighted by Gasteiger charge is 2.20. The SMILES string of the molecule is CN=C(NCc1csc(C(C)C)n1)NC1CCN(CCOC(C)C)CC1.I. The first kappa shape index (κ1) is 24.6. The predicted octanol–water partition coefficient (Wildman–Crippen LogP) is 3.44. The van der Waals surface area contributed by atoms with Crippen molar-refractivity contribution < 1.29 is 4.74 Å². The van der Waals surface area contributed by atoms with Crippen LogP contribution >= 0.6 is 35.3 Å². The maximum Gasteiger partial charge on any atom is 0.191 e. The second-order valence-corrected chi connectivity index (χ2v) is 8.33. The lowest BCUT2D eigenvalue weighted by atomic mass is 10.1. The minimum atomic E-state index is 0. The second-order valence-electron chi connectivity index (χ2n) is 7.44. The Morgan fingerprint density at radius 3 is 2.59 bits per heavy atom. The molecule has 1 saturated heterocycles. The van der Waals surface area contributed by atoms with Crippen molar-refractivity contribution >= 4 is 41.3 Å². The van der Waals surface area contributed by atoms with Gasteiger partial charge in [0.05, 0.1) is 30.0 Å². The molecular formula is C19H36IN5OS. The second kappa shape index (κ2) is 12.9. The zero-order valence-electron chi connectivity index (χ0n) is 17.3. The number of rotatable bonds is 8. The Morgan fingerprint density at radius 1 is 1.33 bits per heavy atom. The quantitative estimate of drug-likeness (QED) is 0.320. The Morgan fingerprint density at radius 2 is 2.04 bits per heavy atom. The van der Waals surface area contributed by atoms with Gasteiger partial charge in [0, 0.05) is 44.0 Å². The number of nitrogens with zero attached hydrogens (tertiary/aromatic N) is 3. The molecule has 156 valence electrons. The highest BCUT2D eigenvalue weighted by atomic mass is 127. The van der Waals surface area contributed by atoms with Crippen LogP contribution < -0.4 is 10.6 Å². The number of guanidine groups is 1. The fourth-order valence-corrected chi connectivity index (χ4v) is 3.78. The first-order valence-electron chi connectivity index (χ1n) is 9.73. The van der Waals surface area contributed by atoms with E-state index in [1.165, 1.54) is 5.01 Å². The van der Waals surface area contributed by atoms with Gasteiger partial charge in [-0.1, -0.05) is 13.8 Å². The van der Waals surface area contributed by atoms with E-state index in [2.05, 4.69) is 58.6 Å². The molecule has 1 aromatic rings. The molecule has 1 aliphatic rings. The summed E-state index contributed by atoms with van der Waals surface area (Å²) in [5.74, 6) is 1.35. The van der Waals surface area contributed by atoms with Crippen molar-refractivity contribution in [1.82, 2.24) is 20.5 Å². The average Bonchev–Trinajstić information content (AvgIpc) is 3.09. The lowest BCUT2D eigenvalue weighted by Crippen LogP contribution is -2.49. The van der Waals surface area contributed by atoms with Gasteiger partial charge in [-0.15, -0.1) is 35.3 Å².